The maximum atomic E-state index is 13.7. The van der Waals surface area contributed by atoms with Gasteiger partial charge in [0.25, 0.3) is 0 Å². The molecule has 2 aromatic heterocycles. The smallest absolute Gasteiger partial charge is 0.230 e. The number of aryl methyl sites for hydroxylation is 1. The summed E-state index contributed by atoms with van der Waals surface area (Å²) >= 11 is 5.65. The van der Waals surface area contributed by atoms with Crippen molar-refractivity contribution in [2.24, 2.45) is 5.41 Å². The van der Waals surface area contributed by atoms with Gasteiger partial charge in [0.05, 0.1) is 6.20 Å². The van der Waals surface area contributed by atoms with E-state index in [1.165, 1.54) is 0 Å². The van der Waals surface area contributed by atoms with Crippen molar-refractivity contribution in [2.45, 2.75) is 27.7 Å². The summed E-state index contributed by atoms with van der Waals surface area (Å²) in [5.74, 6) is -0.183. The van der Waals surface area contributed by atoms with Gasteiger partial charge in [0.2, 0.25) is 11.2 Å². The fraction of sp³-hybridized carbons (Fsp3) is 0.333. The highest BCUT2D eigenvalue weighted by molar-refractivity contribution is 6.28. The van der Waals surface area contributed by atoms with E-state index >= 15 is 0 Å². The standard InChI is InChI=1S/C15H17ClFN5O/c1-8-5-6-10(19-11(8)21-13(23)15(2,3)4)20-12-9(17)7-18-14(16)22-12/h5-7H,1-4H3,(H2,18,19,20,21,22,23). The van der Waals surface area contributed by atoms with E-state index < -0.39 is 11.2 Å². The van der Waals surface area contributed by atoms with Crippen LogP contribution in [0.5, 0.6) is 0 Å². The first kappa shape index (κ1) is 17.1. The predicted molar refractivity (Wildman–Crippen MR) is 87.3 cm³/mol. The summed E-state index contributed by atoms with van der Waals surface area (Å²) in [6, 6.07) is 3.41. The van der Waals surface area contributed by atoms with E-state index in [1.54, 1.807) is 32.9 Å². The van der Waals surface area contributed by atoms with E-state index in [1.807, 2.05) is 6.92 Å². The van der Waals surface area contributed by atoms with Gasteiger partial charge in [0, 0.05) is 5.41 Å². The van der Waals surface area contributed by atoms with Crippen molar-refractivity contribution in [3.8, 4) is 0 Å². The molecular weight excluding hydrogens is 321 g/mol. The number of nitrogens with one attached hydrogen (secondary N) is 2. The molecule has 122 valence electrons. The normalized spacial score (nSPS) is 11.2. The van der Waals surface area contributed by atoms with Crippen molar-refractivity contribution in [2.75, 3.05) is 10.6 Å². The minimum absolute atomic E-state index is 0.0812. The van der Waals surface area contributed by atoms with Gasteiger partial charge in [0.1, 0.15) is 11.6 Å². The maximum absolute atomic E-state index is 13.7. The predicted octanol–water partition coefficient (Wildman–Crippen LogP) is 3.70. The molecule has 2 rings (SSSR count). The number of nitrogens with zero attached hydrogens (tertiary/aromatic N) is 3. The molecule has 0 unspecified atom stereocenters. The van der Waals surface area contributed by atoms with Crippen LogP contribution in [0.4, 0.5) is 21.8 Å². The molecule has 8 heteroatoms. The Morgan fingerprint density at radius 3 is 2.57 bits per heavy atom. The van der Waals surface area contributed by atoms with Gasteiger partial charge in [-0.2, -0.15) is 4.98 Å². The fourth-order valence-electron chi connectivity index (χ4n) is 1.57. The van der Waals surface area contributed by atoms with E-state index in [0.29, 0.717) is 11.6 Å². The van der Waals surface area contributed by atoms with Crippen molar-refractivity contribution in [3.05, 3.63) is 35.0 Å². The number of rotatable bonds is 3. The number of hydrogen-bond acceptors (Lipinski definition) is 5. The Labute approximate surface area is 138 Å². The van der Waals surface area contributed by atoms with Crippen LogP contribution in [-0.2, 0) is 4.79 Å². The highest BCUT2D eigenvalue weighted by Gasteiger charge is 2.22. The third-order valence-corrected chi connectivity index (χ3v) is 3.15. The van der Waals surface area contributed by atoms with Crippen LogP contribution in [0.2, 0.25) is 5.28 Å². The fourth-order valence-corrected chi connectivity index (χ4v) is 1.71. The van der Waals surface area contributed by atoms with Gasteiger partial charge in [-0.25, -0.2) is 14.4 Å². The Balaban J connectivity index is 2.26. The van der Waals surface area contributed by atoms with E-state index in [0.717, 1.165) is 11.8 Å². The number of halogens is 2. The summed E-state index contributed by atoms with van der Waals surface area (Å²) in [6.07, 6.45) is 0.966. The molecule has 0 atom stereocenters. The Kier molecular flexibility index (Phi) is 4.79. The number of carbonyl (C=O) groups is 1. The number of carbonyl (C=O) groups excluding carboxylic acids is 1. The van der Waals surface area contributed by atoms with E-state index in [4.69, 9.17) is 11.6 Å². The zero-order valence-electron chi connectivity index (χ0n) is 13.2. The molecular formula is C15H17ClFN5O. The zero-order valence-corrected chi connectivity index (χ0v) is 14.0. The van der Waals surface area contributed by atoms with E-state index in [-0.39, 0.29) is 17.0 Å². The second-order valence-electron chi connectivity index (χ2n) is 6.03. The Bertz CT molecular complexity index is 745. The summed E-state index contributed by atoms with van der Waals surface area (Å²) in [7, 11) is 0. The lowest BCUT2D eigenvalue weighted by Crippen LogP contribution is -2.28. The molecule has 0 aromatic carbocycles. The van der Waals surface area contributed by atoms with Crippen LogP contribution in [0.25, 0.3) is 0 Å². The molecule has 2 heterocycles. The van der Waals surface area contributed by atoms with Crippen LogP contribution in [0, 0.1) is 18.2 Å². The average Bonchev–Trinajstić information content (AvgIpc) is 2.45. The topological polar surface area (TPSA) is 79.8 Å². The molecule has 0 saturated carbocycles. The van der Waals surface area contributed by atoms with Gasteiger partial charge in [-0.05, 0) is 30.2 Å². The third-order valence-electron chi connectivity index (χ3n) is 2.97. The number of hydrogen-bond donors (Lipinski definition) is 2. The number of aromatic nitrogens is 3. The molecule has 0 spiro atoms. The van der Waals surface area contributed by atoms with Crippen molar-refractivity contribution in [3.63, 3.8) is 0 Å². The molecule has 23 heavy (non-hydrogen) atoms. The lowest BCUT2D eigenvalue weighted by Gasteiger charge is -2.18. The Hall–Kier alpha value is -2.28. The van der Waals surface area contributed by atoms with Gasteiger partial charge in [0.15, 0.2) is 11.6 Å². The van der Waals surface area contributed by atoms with Gasteiger partial charge in [-0.3, -0.25) is 4.79 Å². The number of anilines is 3. The Morgan fingerprint density at radius 2 is 1.91 bits per heavy atom. The van der Waals surface area contributed by atoms with E-state index in [9.17, 15) is 9.18 Å². The van der Waals surface area contributed by atoms with Gasteiger partial charge >= 0.3 is 0 Å². The summed E-state index contributed by atoms with van der Waals surface area (Å²) in [4.78, 5) is 23.7. The molecule has 1 amide bonds. The first-order chi connectivity index (χ1) is 10.7. The van der Waals surface area contributed by atoms with Crippen molar-refractivity contribution in [1.29, 1.82) is 0 Å². The summed E-state index contributed by atoms with van der Waals surface area (Å²) in [5, 5.41) is 5.40. The quantitative estimate of drug-likeness (QED) is 0.835. The largest absolute Gasteiger partial charge is 0.322 e. The second kappa shape index (κ2) is 6.45. The molecule has 0 bridgehead atoms. The van der Waals surface area contributed by atoms with Crippen LogP contribution in [0.3, 0.4) is 0 Å². The third kappa shape index (κ3) is 4.35. The Morgan fingerprint density at radius 1 is 1.22 bits per heavy atom. The van der Waals surface area contributed by atoms with Gasteiger partial charge in [-0.1, -0.05) is 26.8 Å². The van der Waals surface area contributed by atoms with Crippen molar-refractivity contribution >= 4 is 35.0 Å². The summed E-state index contributed by atoms with van der Waals surface area (Å²) in [6.45, 7) is 7.23. The van der Waals surface area contributed by atoms with Crippen LogP contribution >= 0.6 is 11.6 Å². The van der Waals surface area contributed by atoms with Crippen LogP contribution in [0.15, 0.2) is 18.3 Å². The molecule has 0 aliphatic carbocycles. The van der Waals surface area contributed by atoms with Crippen molar-refractivity contribution < 1.29 is 9.18 Å². The second-order valence-corrected chi connectivity index (χ2v) is 6.36. The average molecular weight is 338 g/mol. The molecule has 2 aromatic rings. The highest BCUT2D eigenvalue weighted by atomic mass is 35.5. The molecule has 0 fully saturated rings. The van der Waals surface area contributed by atoms with E-state index in [2.05, 4.69) is 25.6 Å². The van der Waals surface area contributed by atoms with Gasteiger partial charge in [-0.15, -0.1) is 0 Å². The highest BCUT2D eigenvalue weighted by Crippen LogP contribution is 2.22. The van der Waals surface area contributed by atoms with Crippen molar-refractivity contribution in [1.82, 2.24) is 15.0 Å². The van der Waals surface area contributed by atoms with Crippen LogP contribution < -0.4 is 10.6 Å². The first-order valence-corrected chi connectivity index (χ1v) is 7.29. The van der Waals surface area contributed by atoms with Gasteiger partial charge < -0.3 is 10.6 Å². The zero-order chi connectivity index (χ0) is 17.2. The number of amides is 1. The molecule has 0 aliphatic heterocycles. The minimum Gasteiger partial charge on any atom is -0.322 e. The summed E-state index contributed by atoms with van der Waals surface area (Å²) in [5.41, 5.74) is 0.235. The number of pyridine rings is 1. The van der Waals surface area contributed by atoms with Crippen LogP contribution in [0.1, 0.15) is 26.3 Å². The summed E-state index contributed by atoms with van der Waals surface area (Å²) < 4.78 is 13.7. The minimum atomic E-state index is -0.656. The molecule has 0 aliphatic rings. The maximum Gasteiger partial charge on any atom is 0.230 e. The van der Waals surface area contributed by atoms with Crippen LogP contribution in [-0.4, -0.2) is 20.9 Å². The molecule has 0 saturated heterocycles. The lowest BCUT2D eigenvalue weighted by molar-refractivity contribution is -0.123. The first-order valence-electron chi connectivity index (χ1n) is 6.91. The molecule has 6 nitrogen and oxygen atoms in total. The molecule has 2 N–H and O–H groups in total. The SMILES string of the molecule is Cc1ccc(Nc2nc(Cl)ncc2F)nc1NC(=O)C(C)(C)C. The lowest BCUT2D eigenvalue weighted by atomic mass is 9.96. The monoisotopic (exact) mass is 337 g/mol. The molecule has 0 radical (unpaired) electrons.